The summed E-state index contributed by atoms with van der Waals surface area (Å²) in [6.07, 6.45) is 15.9. The first-order valence-corrected chi connectivity index (χ1v) is 19.9. The van der Waals surface area contributed by atoms with Gasteiger partial charge in [-0.2, -0.15) is 0 Å². The van der Waals surface area contributed by atoms with Crippen LogP contribution in [0.15, 0.2) is 78.5 Å². The van der Waals surface area contributed by atoms with E-state index in [2.05, 4.69) is 119 Å². The van der Waals surface area contributed by atoms with Crippen LogP contribution in [-0.2, 0) is 27.8 Å². The highest BCUT2D eigenvalue weighted by Gasteiger charge is 2.75. The summed E-state index contributed by atoms with van der Waals surface area (Å²) in [5.74, 6) is 0.248. The number of methoxy groups -OCH3 is 1. The van der Waals surface area contributed by atoms with Gasteiger partial charge in [-0.05, 0) is 105 Å². The van der Waals surface area contributed by atoms with Crippen molar-refractivity contribution in [1.29, 1.82) is 0 Å². The standard InChI is InChI=1S/C44H59N5O2/c1-40(2,3)47-37-38(51-4)44(37)30-48(28-32-13-10-20-45-27-32)21-22-49(44)29-41(16-17-41)24-34(23-31-11-6-5-7-12-31)39(50)46-36-26-43(36)35-15-9-8-14-33(35)25-42(43)18-19-42/h5-15,27,34,36-38,45,47H,16-26,28-30H2,1-4H3,(H,46,50)/t34-,36?,37?,38?,43?,44+/m1/s1. The number of carbonyl (C=O) groups is 1. The number of hydrogen-bond donors (Lipinski definition) is 3. The summed E-state index contributed by atoms with van der Waals surface area (Å²) in [5, 5.41) is 11.1. The molecule has 1 saturated heterocycles. The van der Waals surface area contributed by atoms with Crippen LogP contribution in [0.25, 0.3) is 0 Å². The first-order chi connectivity index (χ1) is 24.6. The first kappa shape index (κ1) is 33.8. The third-order valence-corrected chi connectivity index (χ3v) is 14.0. The van der Waals surface area contributed by atoms with E-state index in [1.807, 2.05) is 7.11 Å². The molecule has 1 amide bonds. The monoisotopic (exact) mass is 689 g/mol. The van der Waals surface area contributed by atoms with Crippen molar-refractivity contribution in [3.05, 3.63) is 95.2 Å². The summed E-state index contributed by atoms with van der Waals surface area (Å²) in [6, 6.07) is 20.4. The van der Waals surface area contributed by atoms with Crippen molar-refractivity contribution in [3.8, 4) is 0 Å². The van der Waals surface area contributed by atoms with Crippen molar-refractivity contribution in [2.75, 3.05) is 46.4 Å². The number of benzene rings is 2. The molecule has 2 aromatic rings. The Hall–Kier alpha value is -2.97. The summed E-state index contributed by atoms with van der Waals surface area (Å²) < 4.78 is 6.32. The fourth-order valence-electron chi connectivity index (χ4n) is 11.2. The molecule has 4 saturated carbocycles. The summed E-state index contributed by atoms with van der Waals surface area (Å²) in [6.45, 7) is 12.8. The van der Waals surface area contributed by atoms with Crippen molar-refractivity contribution in [3.63, 3.8) is 0 Å². The minimum atomic E-state index is -0.0751. The number of dihydropyridines is 1. The molecule has 2 aromatic carbocycles. The Morgan fingerprint density at radius 1 is 1.04 bits per heavy atom. The van der Waals surface area contributed by atoms with Gasteiger partial charge in [-0.25, -0.2) is 0 Å². The van der Waals surface area contributed by atoms with E-state index >= 15 is 0 Å². The molecule has 7 heteroatoms. The second kappa shape index (κ2) is 12.3. The lowest BCUT2D eigenvalue weighted by atomic mass is 9.84. The number of nitrogens with one attached hydrogen (secondary N) is 3. The lowest BCUT2D eigenvalue weighted by molar-refractivity contribution is -0.126. The highest BCUT2D eigenvalue weighted by atomic mass is 16.5. The van der Waals surface area contributed by atoms with Crippen LogP contribution >= 0.6 is 0 Å². The van der Waals surface area contributed by atoms with Crippen LogP contribution < -0.4 is 16.0 Å². The topological polar surface area (TPSA) is 68.9 Å². The molecule has 9 rings (SSSR count). The number of fused-ring (bicyclic) bond motifs is 3. The van der Waals surface area contributed by atoms with Crippen LogP contribution in [0.2, 0.25) is 0 Å². The molecular weight excluding hydrogens is 631 g/mol. The van der Waals surface area contributed by atoms with Gasteiger partial charge in [0.15, 0.2) is 0 Å². The Balaban J connectivity index is 0.943. The smallest absolute Gasteiger partial charge is 0.223 e. The fourth-order valence-corrected chi connectivity index (χ4v) is 11.2. The zero-order valence-electron chi connectivity index (χ0n) is 31.3. The molecule has 7 aliphatic rings. The fraction of sp³-hybridized carbons (Fsp3) is 0.614. The number of hydrogen-bond acceptors (Lipinski definition) is 6. The SMILES string of the molecule is COC1C(NC(C)(C)C)[C@@]12CN(CC1=CNCC=C1)CCN2CC1(C[C@@H](Cc2ccccc2)C(=O)NC2CC23c2ccccc2CC32CC2)CC1. The molecule has 7 nitrogen and oxygen atoms in total. The van der Waals surface area contributed by atoms with E-state index in [0.717, 1.165) is 58.5 Å². The summed E-state index contributed by atoms with van der Waals surface area (Å²) in [5.41, 5.74) is 6.30. The molecule has 51 heavy (non-hydrogen) atoms. The van der Waals surface area contributed by atoms with Crippen LogP contribution in [-0.4, -0.2) is 91.4 Å². The van der Waals surface area contributed by atoms with Gasteiger partial charge in [0.05, 0.1) is 17.7 Å². The van der Waals surface area contributed by atoms with Crippen LogP contribution in [0.5, 0.6) is 0 Å². The minimum Gasteiger partial charge on any atom is -0.387 e. The Bertz CT molecular complexity index is 1710. The van der Waals surface area contributed by atoms with E-state index in [9.17, 15) is 4.79 Å². The molecule has 272 valence electrons. The van der Waals surface area contributed by atoms with Gasteiger partial charge in [0, 0.05) is 75.5 Å². The first-order valence-electron chi connectivity index (χ1n) is 19.9. The molecule has 0 radical (unpaired) electrons. The molecule has 5 fully saturated rings. The maximum atomic E-state index is 14.6. The van der Waals surface area contributed by atoms with Crippen molar-refractivity contribution >= 4 is 5.91 Å². The van der Waals surface area contributed by atoms with Gasteiger partial charge in [0.25, 0.3) is 0 Å². The summed E-state index contributed by atoms with van der Waals surface area (Å²) >= 11 is 0. The maximum Gasteiger partial charge on any atom is 0.223 e. The average Bonchev–Trinajstić information content (AvgIpc) is 3.99. The van der Waals surface area contributed by atoms with Crippen molar-refractivity contribution in [2.45, 2.75) is 107 Å². The largest absolute Gasteiger partial charge is 0.387 e. The Morgan fingerprint density at radius 2 is 1.82 bits per heavy atom. The van der Waals surface area contributed by atoms with Crippen LogP contribution in [0.4, 0.5) is 0 Å². The van der Waals surface area contributed by atoms with E-state index < -0.39 is 0 Å². The third kappa shape index (κ3) is 6.00. The van der Waals surface area contributed by atoms with Crippen molar-refractivity contribution in [2.24, 2.45) is 16.7 Å². The maximum absolute atomic E-state index is 14.6. The van der Waals surface area contributed by atoms with Gasteiger partial charge in [-0.3, -0.25) is 14.6 Å². The lowest BCUT2D eigenvalue weighted by Crippen LogP contribution is -2.61. The number of carbonyl (C=O) groups excluding carboxylic acids is 1. The molecule has 0 bridgehead atoms. The highest BCUT2D eigenvalue weighted by Crippen LogP contribution is 2.75. The van der Waals surface area contributed by atoms with Gasteiger partial charge in [0.1, 0.15) is 0 Å². The number of rotatable bonds is 12. The van der Waals surface area contributed by atoms with E-state index in [-0.39, 0.29) is 51.9 Å². The normalized spacial score (nSPS) is 33.1. The predicted molar refractivity (Wildman–Crippen MR) is 203 cm³/mol. The van der Waals surface area contributed by atoms with Gasteiger partial charge >= 0.3 is 0 Å². The van der Waals surface area contributed by atoms with Crippen LogP contribution in [0, 0.1) is 16.7 Å². The molecule has 3 spiro atoms. The number of amides is 1. The highest BCUT2D eigenvalue weighted by molar-refractivity contribution is 5.80. The summed E-state index contributed by atoms with van der Waals surface area (Å²) in [7, 11) is 1.90. The molecular formula is C44H59N5O2. The van der Waals surface area contributed by atoms with Gasteiger partial charge in [-0.15, -0.1) is 0 Å². The number of ether oxygens (including phenoxy) is 1. The van der Waals surface area contributed by atoms with E-state index in [0.29, 0.717) is 5.41 Å². The second-order valence-electron chi connectivity index (χ2n) is 18.6. The molecule has 2 heterocycles. The molecule has 4 unspecified atom stereocenters. The molecule has 6 atom stereocenters. The second-order valence-corrected chi connectivity index (χ2v) is 18.6. The Kier molecular flexibility index (Phi) is 8.16. The van der Waals surface area contributed by atoms with E-state index in [4.69, 9.17) is 4.74 Å². The number of piperazine rings is 1. The van der Waals surface area contributed by atoms with Crippen molar-refractivity contribution in [1.82, 2.24) is 25.8 Å². The number of nitrogens with zero attached hydrogens (tertiary/aromatic N) is 2. The minimum absolute atomic E-state index is 0.00731. The lowest BCUT2D eigenvalue weighted by Gasteiger charge is -2.45. The molecule has 2 aliphatic heterocycles. The molecule has 0 aromatic heterocycles. The Labute approximate surface area is 305 Å². The molecule has 5 aliphatic carbocycles. The van der Waals surface area contributed by atoms with E-state index in [1.54, 1.807) is 0 Å². The zero-order valence-corrected chi connectivity index (χ0v) is 31.3. The Morgan fingerprint density at radius 3 is 2.53 bits per heavy atom. The van der Waals surface area contributed by atoms with Crippen molar-refractivity contribution < 1.29 is 9.53 Å². The van der Waals surface area contributed by atoms with Gasteiger partial charge in [0.2, 0.25) is 5.91 Å². The van der Waals surface area contributed by atoms with Gasteiger partial charge in [-0.1, -0.05) is 66.7 Å². The predicted octanol–water partition coefficient (Wildman–Crippen LogP) is 5.36. The third-order valence-electron chi connectivity index (χ3n) is 14.0. The summed E-state index contributed by atoms with van der Waals surface area (Å²) in [4.78, 5) is 20.0. The quantitative estimate of drug-likeness (QED) is 0.279. The van der Waals surface area contributed by atoms with Gasteiger partial charge < -0.3 is 20.7 Å². The zero-order chi connectivity index (χ0) is 35.1. The average molecular weight is 690 g/mol. The molecule has 3 N–H and O–H groups in total. The van der Waals surface area contributed by atoms with Crippen LogP contribution in [0.1, 0.15) is 76.0 Å². The van der Waals surface area contributed by atoms with Crippen LogP contribution in [0.3, 0.4) is 0 Å². The van der Waals surface area contributed by atoms with E-state index in [1.165, 1.54) is 54.4 Å².